The number of aromatic nitrogens is 3. The van der Waals surface area contributed by atoms with Gasteiger partial charge in [-0.2, -0.15) is 0 Å². The van der Waals surface area contributed by atoms with Gasteiger partial charge in [0.05, 0.1) is 17.1 Å². The van der Waals surface area contributed by atoms with E-state index in [4.69, 9.17) is 26.1 Å². The smallest absolute Gasteiger partial charge is 0.252 e. The predicted octanol–water partition coefficient (Wildman–Crippen LogP) is 5.34. The number of rotatable bonds is 4. The molecule has 3 heterocycles. The van der Waals surface area contributed by atoms with Crippen LogP contribution in [0.2, 0.25) is 0 Å². The Kier molecular flexibility index (Phi) is 5.44. The van der Waals surface area contributed by atoms with Gasteiger partial charge in [-0.05, 0) is 54.1 Å². The van der Waals surface area contributed by atoms with Crippen LogP contribution in [0.4, 0.5) is 0 Å². The number of carbonyl (C=O) groups is 1. The summed E-state index contributed by atoms with van der Waals surface area (Å²) in [6.45, 7) is 0.212. The minimum Gasteiger partial charge on any atom is -0.454 e. The van der Waals surface area contributed by atoms with Gasteiger partial charge in [-0.1, -0.05) is 18.2 Å². The monoisotopic (exact) mass is 439 g/mol. The average Bonchev–Trinajstić information content (AvgIpc) is 3.41. The summed E-state index contributed by atoms with van der Waals surface area (Å²) in [5, 5.41) is -0.494. The minimum atomic E-state index is -0.494. The van der Waals surface area contributed by atoms with Gasteiger partial charge in [0.2, 0.25) is 6.79 Å². The van der Waals surface area contributed by atoms with Gasteiger partial charge in [0.15, 0.2) is 11.5 Å². The van der Waals surface area contributed by atoms with Crippen LogP contribution in [-0.4, -0.2) is 27.0 Å². The lowest BCUT2D eigenvalue weighted by atomic mass is 10.1. The summed E-state index contributed by atoms with van der Waals surface area (Å²) >= 11 is 5.54. The van der Waals surface area contributed by atoms with E-state index in [9.17, 15) is 4.79 Å². The zero-order chi connectivity index (χ0) is 19.8. The summed E-state index contributed by atoms with van der Waals surface area (Å²) in [4.78, 5) is 24.0. The Labute approximate surface area is 183 Å². The summed E-state index contributed by atoms with van der Waals surface area (Å²) in [6, 6.07) is 18.4. The topological polar surface area (TPSA) is 77.1 Å². The van der Waals surface area contributed by atoms with Gasteiger partial charge in [0, 0.05) is 22.9 Å². The number of benzene rings is 2. The molecule has 8 heteroatoms. The zero-order valence-electron chi connectivity index (χ0n) is 15.5. The van der Waals surface area contributed by atoms with Gasteiger partial charge < -0.3 is 14.5 Å². The highest BCUT2D eigenvalue weighted by Gasteiger charge is 2.20. The van der Waals surface area contributed by atoms with E-state index < -0.39 is 5.24 Å². The molecular weight excluding hydrogens is 425 g/mol. The van der Waals surface area contributed by atoms with Crippen molar-refractivity contribution >= 4 is 29.3 Å². The van der Waals surface area contributed by atoms with Crippen LogP contribution in [0.1, 0.15) is 10.4 Å². The van der Waals surface area contributed by atoms with E-state index >= 15 is 0 Å². The van der Waals surface area contributed by atoms with E-state index in [1.165, 1.54) is 0 Å². The molecule has 2 aromatic carbocycles. The molecule has 5 rings (SSSR count). The van der Waals surface area contributed by atoms with E-state index in [1.807, 2.05) is 36.4 Å². The van der Waals surface area contributed by atoms with Crippen molar-refractivity contribution in [2.75, 3.05) is 6.79 Å². The molecule has 0 radical (unpaired) electrons. The molecule has 1 aliphatic heterocycles. The first-order chi connectivity index (χ1) is 14.2. The molecule has 0 fully saturated rings. The van der Waals surface area contributed by atoms with E-state index in [-0.39, 0.29) is 19.2 Å². The quantitative estimate of drug-likeness (QED) is 0.434. The number of fused-ring (bicyclic) bond motifs is 1. The average molecular weight is 440 g/mol. The van der Waals surface area contributed by atoms with Crippen molar-refractivity contribution in [1.29, 1.82) is 0 Å². The fraction of sp³-hybridized carbons (Fsp3) is 0.0455. The molecule has 0 saturated carbocycles. The third kappa shape index (κ3) is 3.63. The second-order valence-electron chi connectivity index (χ2n) is 6.44. The van der Waals surface area contributed by atoms with Crippen molar-refractivity contribution in [2.45, 2.75) is 0 Å². The molecule has 4 aromatic rings. The van der Waals surface area contributed by atoms with Crippen LogP contribution in [0.15, 0.2) is 66.9 Å². The molecule has 150 valence electrons. The van der Waals surface area contributed by atoms with Crippen molar-refractivity contribution in [3.63, 3.8) is 0 Å². The van der Waals surface area contributed by atoms with Crippen LogP contribution in [-0.2, 0) is 0 Å². The van der Waals surface area contributed by atoms with Crippen LogP contribution in [0.25, 0.3) is 34.0 Å². The first-order valence-electron chi connectivity index (χ1n) is 8.91. The Morgan fingerprint density at radius 3 is 2.47 bits per heavy atom. The van der Waals surface area contributed by atoms with Crippen LogP contribution in [0.3, 0.4) is 0 Å². The van der Waals surface area contributed by atoms with Gasteiger partial charge in [0.25, 0.3) is 5.24 Å². The summed E-state index contributed by atoms with van der Waals surface area (Å²) in [6.07, 6.45) is 1.74. The van der Waals surface area contributed by atoms with Crippen LogP contribution >= 0.6 is 24.0 Å². The van der Waals surface area contributed by atoms with Gasteiger partial charge in [-0.25, -0.2) is 4.98 Å². The van der Waals surface area contributed by atoms with Gasteiger partial charge in [0.1, 0.15) is 5.82 Å². The molecular formula is C22H15Cl2N3O3. The largest absolute Gasteiger partial charge is 0.454 e. The maximum absolute atomic E-state index is 11.3. The zero-order valence-corrected chi connectivity index (χ0v) is 17.0. The summed E-state index contributed by atoms with van der Waals surface area (Å²) in [5.41, 5.74) is 4.45. The van der Waals surface area contributed by atoms with E-state index in [2.05, 4.69) is 9.97 Å². The number of ether oxygens (including phenoxy) is 2. The molecule has 2 aromatic heterocycles. The van der Waals surface area contributed by atoms with Gasteiger partial charge >= 0.3 is 0 Å². The Balaban J connectivity index is 0.00000218. The maximum atomic E-state index is 11.3. The SMILES string of the molecule is Cl.O=C(Cl)c1ccc(-c2nc(-c3ccc4c(c3)OCO4)c(-c3ccccn3)[nH]2)cc1. The first-order valence-corrected chi connectivity index (χ1v) is 9.28. The molecule has 6 nitrogen and oxygen atoms in total. The fourth-order valence-electron chi connectivity index (χ4n) is 3.22. The van der Waals surface area contributed by atoms with Crippen molar-refractivity contribution in [1.82, 2.24) is 15.0 Å². The van der Waals surface area contributed by atoms with Gasteiger partial charge in [-0.15, -0.1) is 12.4 Å². The molecule has 1 N–H and O–H groups in total. The molecule has 0 atom stereocenters. The lowest BCUT2D eigenvalue weighted by molar-refractivity contribution is 0.108. The number of hydrogen-bond donors (Lipinski definition) is 1. The second kappa shape index (κ2) is 8.18. The number of aromatic amines is 1. The molecule has 0 spiro atoms. The number of carbonyl (C=O) groups excluding carboxylic acids is 1. The highest BCUT2D eigenvalue weighted by Crippen LogP contribution is 2.38. The number of imidazole rings is 1. The molecule has 0 unspecified atom stereocenters. The van der Waals surface area contributed by atoms with Crippen molar-refractivity contribution in [3.8, 4) is 45.5 Å². The number of H-pyrrole nitrogens is 1. The minimum absolute atomic E-state index is 0. The van der Waals surface area contributed by atoms with Crippen LogP contribution < -0.4 is 9.47 Å². The van der Waals surface area contributed by atoms with Crippen molar-refractivity contribution < 1.29 is 14.3 Å². The molecule has 1 aliphatic rings. The van der Waals surface area contributed by atoms with Crippen molar-refractivity contribution in [2.24, 2.45) is 0 Å². The van der Waals surface area contributed by atoms with E-state index in [1.54, 1.807) is 30.5 Å². The number of nitrogens with one attached hydrogen (secondary N) is 1. The lowest BCUT2D eigenvalue weighted by Crippen LogP contribution is -1.92. The summed E-state index contributed by atoms with van der Waals surface area (Å²) in [7, 11) is 0. The summed E-state index contributed by atoms with van der Waals surface area (Å²) in [5.74, 6) is 2.06. The molecule has 0 bridgehead atoms. The predicted molar refractivity (Wildman–Crippen MR) is 116 cm³/mol. The normalized spacial score (nSPS) is 11.8. The summed E-state index contributed by atoms with van der Waals surface area (Å²) < 4.78 is 10.9. The van der Waals surface area contributed by atoms with E-state index in [0.717, 1.165) is 28.2 Å². The Bertz CT molecular complexity index is 1210. The third-order valence-corrected chi connectivity index (χ3v) is 4.87. The molecule has 30 heavy (non-hydrogen) atoms. The number of pyridine rings is 1. The van der Waals surface area contributed by atoms with Gasteiger partial charge in [-0.3, -0.25) is 9.78 Å². The molecule has 0 saturated heterocycles. The van der Waals surface area contributed by atoms with E-state index in [0.29, 0.717) is 22.9 Å². The molecule has 0 amide bonds. The Hall–Kier alpha value is -3.35. The number of halogens is 2. The number of nitrogens with zero attached hydrogens (tertiary/aromatic N) is 2. The fourth-order valence-corrected chi connectivity index (χ4v) is 3.34. The maximum Gasteiger partial charge on any atom is 0.252 e. The first kappa shape index (κ1) is 19.9. The lowest BCUT2D eigenvalue weighted by Gasteiger charge is -2.03. The highest BCUT2D eigenvalue weighted by atomic mass is 35.5. The Morgan fingerprint density at radius 2 is 1.73 bits per heavy atom. The van der Waals surface area contributed by atoms with Crippen LogP contribution in [0, 0.1) is 0 Å². The number of hydrogen-bond acceptors (Lipinski definition) is 5. The Morgan fingerprint density at radius 1 is 0.967 bits per heavy atom. The second-order valence-corrected chi connectivity index (χ2v) is 6.79. The third-order valence-electron chi connectivity index (χ3n) is 4.66. The standard InChI is InChI=1S/C22H14ClN3O3.ClH/c23-21(27)13-4-6-14(7-5-13)22-25-19(20(26-22)16-3-1-2-10-24-16)15-8-9-17-18(11-15)29-12-28-17;/h1-11H,12H2,(H,25,26);1H. The van der Waals surface area contributed by atoms with Crippen LogP contribution in [0.5, 0.6) is 11.5 Å². The molecule has 0 aliphatic carbocycles. The highest BCUT2D eigenvalue weighted by molar-refractivity contribution is 6.67. The van der Waals surface area contributed by atoms with Crippen molar-refractivity contribution in [3.05, 3.63) is 72.4 Å².